The molecule has 0 aliphatic heterocycles. The number of aryl methyl sites for hydroxylation is 1. The lowest BCUT2D eigenvalue weighted by atomic mass is 10.0. The number of anilines is 3. The number of fused-ring (bicyclic) bond motifs is 1. The molecule has 5 rings (SSSR count). The molecule has 3 aromatic heterocycles. The lowest BCUT2D eigenvalue weighted by molar-refractivity contribution is 0.168. The molecule has 9 heteroatoms. The second-order valence-electron chi connectivity index (χ2n) is 8.74. The highest BCUT2D eigenvalue weighted by atomic mass is 32.1. The Morgan fingerprint density at radius 3 is 2.61 bits per heavy atom. The predicted octanol–water partition coefficient (Wildman–Crippen LogP) is 5.74. The van der Waals surface area contributed by atoms with E-state index in [9.17, 15) is 9.90 Å². The van der Waals surface area contributed by atoms with E-state index in [-0.39, 0.29) is 6.03 Å². The summed E-state index contributed by atoms with van der Waals surface area (Å²) in [6.45, 7) is 4.13. The lowest BCUT2D eigenvalue weighted by Crippen LogP contribution is -2.19. The fourth-order valence-corrected chi connectivity index (χ4v) is 5.23. The Hall–Kier alpha value is -4.21. The lowest BCUT2D eigenvalue weighted by Gasteiger charge is -2.09. The van der Waals surface area contributed by atoms with Crippen molar-refractivity contribution in [2.45, 2.75) is 26.5 Å². The average Bonchev–Trinajstić information content (AvgIpc) is 3.48. The minimum Gasteiger partial charge on any atom is -0.391 e. The highest BCUT2D eigenvalue weighted by Gasteiger charge is 2.16. The van der Waals surface area contributed by atoms with Gasteiger partial charge >= 0.3 is 6.03 Å². The maximum Gasteiger partial charge on any atom is 0.323 e. The number of hydrogen-bond acceptors (Lipinski definition) is 6. The van der Waals surface area contributed by atoms with Gasteiger partial charge in [0.25, 0.3) is 0 Å². The predicted molar refractivity (Wildman–Crippen MR) is 146 cm³/mol. The Labute approximate surface area is 212 Å². The van der Waals surface area contributed by atoms with Crippen molar-refractivity contribution >= 4 is 44.6 Å². The number of aromatic nitrogens is 3. The molecule has 0 saturated carbocycles. The van der Waals surface area contributed by atoms with Crippen LogP contribution in [0.1, 0.15) is 12.5 Å². The summed E-state index contributed by atoms with van der Waals surface area (Å²) in [5.41, 5.74) is 12.6. The fraction of sp³-hybridized carbons (Fsp3) is 0.148. The maximum absolute atomic E-state index is 12.4. The standard InChI is InChI=1S/C27H26N6O2S/c1-16-4-3-5-21(10-16)32-27(35)31-20-8-6-18(7-9-20)23-15-36-25-22(12-29-26(28)24(23)25)19-11-30-33(14-19)13-17(2)34/h3-12,14-15,17,34H,13H2,1-2H3,(H2,28,29)(H2,31,32,35)/t17-/m1/s1. The van der Waals surface area contributed by atoms with Crippen LogP contribution in [0.4, 0.5) is 22.0 Å². The zero-order chi connectivity index (χ0) is 25.2. The topological polar surface area (TPSA) is 118 Å². The number of nitrogens with two attached hydrogens (primary N) is 1. The highest BCUT2D eigenvalue weighted by Crippen LogP contribution is 2.41. The number of rotatable bonds is 6. The van der Waals surface area contributed by atoms with Crippen LogP contribution in [-0.4, -0.2) is 32.0 Å². The summed E-state index contributed by atoms with van der Waals surface area (Å²) in [6.07, 6.45) is 4.96. The van der Waals surface area contributed by atoms with Crippen LogP contribution < -0.4 is 16.4 Å². The number of benzene rings is 2. The van der Waals surface area contributed by atoms with Gasteiger partial charge in [-0.2, -0.15) is 5.10 Å². The molecule has 2 aromatic carbocycles. The zero-order valence-corrected chi connectivity index (χ0v) is 20.7. The quantitative estimate of drug-likeness (QED) is 0.238. The Kier molecular flexibility index (Phi) is 6.41. The van der Waals surface area contributed by atoms with Gasteiger partial charge in [0, 0.05) is 50.5 Å². The largest absolute Gasteiger partial charge is 0.391 e. The van der Waals surface area contributed by atoms with Crippen molar-refractivity contribution in [1.29, 1.82) is 0 Å². The van der Waals surface area contributed by atoms with Crippen molar-refractivity contribution in [3.05, 3.63) is 78.1 Å². The molecule has 0 unspecified atom stereocenters. The Morgan fingerprint density at radius 1 is 1.08 bits per heavy atom. The van der Waals surface area contributed by atoms with Gasteiger partial charge < -0.3 is 21.5 Å². The molecule has 0 radical (unpaired) electrons. The monoisotopic (exact) mass is 498 g/mol. The minimum absolute atomic E-state index is 0.302. The molecule has 0 bridgehead atoms. The van der Waals surface area contributed by atoms with E-state index in [1.165, 1.54) is 0 Å². The number of urea groups is 1. The van der Waals surface area contributed by atoms with Gasteiger partial charge in [0.1, 0.15) is 5.82 Å². The number of carbonyl (C=O) groups excluding carboxylic acids is 1. The van der Waals surface area contributed by atoms with Gasteiger partial charge in [0.05, 0.1) is 18.8 Å². The number of amides is 2. The first-order valence-corrected chi connectivity index (χ1v) is 12.4. The Morgan fingerprint density at radius 2 is 1.86 bits per heavy atom. The van der Waals surface area contributed by atoms with E-state index in [2.05, 4.69) is 26.1 Å². The second-order valence-corrected chi connectivity index (χ2v) is 9.62. The van der Waals surface area contributed by atoms with Crippen LogP contribution >= 0.6 is 11.3 Å². The molecule has 182 valence electrons. The number of pyridine rings is 1. The number of thiophene rings is 1. The molecule has 0 saturated heterocycles. The zero-order valence-electron chi connectivity index (χ0n) is 19.9. The molecule has 36 heavy (non-hydrogen) atoms. The maximum atomic E-state index is 12.4. The van der Waals surface area contributed by atoms with Gasteiger partial charge in [-0.15, -0.1) is 11.3 Å². The molecule has 0 fully saturated rings. The first kappa shape index (κ1) is 23.5. The number of nitrogens with zero attached hydrogens (tertiary/aromatic N) is 3. The van der Waals surface area contributed by atoms with Gasteiger partial charge in [-0.25, -0.2) is 9.78 Å². The summed E-state index contributed by atoms with van der Waals surface area (Å²) < 4.78 is 2.74. The molecule has 0 spiro atoms. The van der Waals surface area contributed by atoms with Crippen LogP contribution in [0.25, 0.3) is 32.3 Å². The van der Waals surface area contributed by atoms with E-state index >= 15 is 0 Å². The third-order valence-electron chi connectivity index (χ3n) is 5.75. The summed E-state index contributed by atoms with van der Waals surface area (Å²) in [6, 6.07) is 15.0. The summed E-state index contributed by atoms with van der Waals surface area (Å²) in [5.74, 6) is 0.459. The second kappa shape index (κ2) is 9.80. The van der Waals surface area contributed by atoms with Crippen molar-refractivity contribution in [2.24, 2.45) is 0 Å². The van der Waals surface area contributed by atoms with E-state index in [4.69, 9.17) is 5.73 Å². The van der Waals surface area contributed by atoms with E-state index < -0.39 is 6.10 Å². The minimum atomic E-state index is -0.485. The van der Waals surface area contributed by atoms with E-state index in [0.717, 1.165) is 43.6 Å². The Bertz CT molecular complexity index is 1540. The molecular weight excluding hydrogens is 472 g/mol. The van der Waals surface area contributed by atoms with Crippen molar-refractivity contribution in [3.63, 3.8) is 0 Å². The van der Waals surface area contributed by atoms with Crippen molar-refractivity contribution < 1.29 is 9.90 Å². The molecule has 3 heterocycles. The van der Waals surface area contributed by atoms with Gasteiger partial charge in [0.15, 0.2) is 0 Å². The number of nitrogens with one attached hydrogen (secondary N) is 2. The van der Waals surface area contributed by atoms with Crippen LogP contribution in [0.3, 0.4) is 0 Å². The van der Waals surface area contributed by atoms with Crippen LogP contribution in [0.15, 0.2) is 72.5 Å². The number of carbonyl (C=O) groups is 1. The highest BCUT2D eigenvalue weighted by molar-refractivity contribution is 7.18. The van der Waals surface area contributed by atoms with Crippen LogP contribution in [-0.2, 0) is 6.54 Å². The first-order valence-electron chi connectivity index (χ1n) is 11.5. The van der Waals surface area contributed by atoms with Gasteiger partial charge in [0.2, 0.25) is 0 Å². The summed E-state index contributed by atoms with van der Waals surface area (Å²) in [7, 11) is 0. The van der Waals surface area contributed by atoms with E-state index in [1.54, 1.807) is 35.3 Å². The van der Waals surface area contributed by atoms with Crippen molar-refractivity contribution in [3.8, 4) is 22.3 Å². The van der Waals surface area contributed by atoms with Crippen LogP contribution in [0, 0.1) is 6.92 Å². The smallest absolute Gasteiger partial charge is 0.323 e. The summed E-state index contributed by atoms with van der Waals surface area (Å²) in [5, 5.41) is 22.7. The first-order chi connectivity index (χ1) is 17.4. The molecular formula is C27H26N6O2S. The molecule has 5 aromatic rings. The van der Waals surface area contributed by atoms with Gasteiger partial charge in [-0.1, -0.05) is 24.3 Å². The Balaban J connectivity index is 1.38. The number of aliphatic hydroxyl groups excluding tert-OH is 1. The summed E-state index contributed by atoms with van der Waals surface area (Å²) >= 11 is 1.60. The number of aliphatic hydroxyl groups is 1. The third-order valence-corrected chi connectivity index (χ3v) is 6.76. The molecule has 0 aliphatic carbocycles. The number of hydrogen-bond donors (Lipinski definition) is 4. The van der Waals surface area contributed by atoms with E-state index in [1.807, 2.05) is 61.7 Å². The van der Waals surface area contributed by atoms with Crippen LogP contribution in [0.5, 0.6) is 0 Å². The normalized spacial score (nSPS) is 12.0. The molecule has 0 aliphatic rings. The SMILES string of the molecule is Cc1cccc(NC(=O)Nc2ccc(-c3csc4c(-c5cnn(C[C@@H](C)O)c5)cnc(N)c34)cc2)c1. The van der Waals surface area contributed by atoms with Gasteiger partial charge in [-0.05, 0) is 54.6 Å². The van der Waals surface area contributed by atoms with Crippen molar-refractivity contribution in [2.75, 3.05) is 16.4 Å². The average molecular weight is 499 g/mol. The molecule has 2 amide bonds. The summed E-state index contributed by atoms with van der Waals surface area (Å²) in [4.78, 5) is 16.8. The fourth-order valence-electron chi connectivity index (χ4n) is 4.11. The molecule has 1 atom stereocenters. The number of nitrogen functional groups attached to an aromatic ring is 1. The third kappa shape index (κ3) is 4.93. The molecule has 5 N–H and O–H groups in total. The van der Waals surface area contributed by atoms with Gasteiger partial charge in [-0.3, -0.25) is 4.68 Å². The van der Waals surface area contributed by atoms with E-state index in [0.29, 0.717) is 18.1 Å². The molecule has 8 nitrogen and oxygen atoms in total. The van der Waals surface area contributed by atoms with Crippen LogP contribution in [0.2, 0.25) is 0 Å². The van der Waals surface area contributed by atoms with Crippen molar-refractivity contribution in [1.82, 2.24) is 14.8 Å².